The van der Waals surface area contributed by atoms with Gasteiger partial charge >= 0.3 is 0 Å². The molecule has 7 heteroatoms. The van der Waals surface area contributed by atoms with E-state index < -0.39 is 15.9 Å². The number of amides is 1. The quantitative estimate of drug-likeness (QED) is 0.601. The standard InChI is InChI=1S/C22H23N3O3S/c23-17-19(15-18-9-4-3-5-10-18)22(26)24-20-11-8-12-21(16-20)29(27,28)25-13-6-1-2-7-14-25/h3-5,8-12,15-16H,1-2,6-7,13-14H2,(H,24,26). The van der Waals surface area contributed by atoms with Gasteiger partial charge in [0.1, 0.15) is 11.6 Å². The van der Waals surface area contributed by atoms with Crippen molar-refractivity contribution in [2.24, 2.45) is 0 Å². The minimum absolute atomic E-state index is 0.0584. The van der Waals surface area contributed by atoms with E-state index in [1.807, 2.05) is 24.3 Å². The van der Waals surface area contributed by atoms with Crippen LogP contribution >= 0.6 is 0 Å². The maximum atomic E-state index is 13.0. The third-order valence-electron chi connectivity index (χ3n) is 4.77. The number of hydrogen-bond donors (Lipinski definition) is 1. The van der Waals surface area contributed by atoms with Crippen molar-refractivity contribution in [1.82, 2.24) is 4.31 Å². The number of sulfonamides is 1. The van der Waals surface area contributed by atoms with E-state index in [4.69, 9.17) is 0 Å². The van der Waals surface area contributed by atoms with Crippen LogP contribution in [0, 0.1) is 11.3 Å². The largest absolute Gasteiger partial charge is 0.321 e. The minimum atomic E-state index is -3.62. The molecular weight excluding hydrogens is 386 g/mol. The van der Waals surface area contributed by atoms with Gasteiger partial charge in [0.25, 0.3) is 5.91 Å². The first kappa shape index (κ1) is 20.8. The first-order valence-electron chi connectivity index (χ1n) is 9.59. The molecule has 3 rings (SSSR count). The summed E-state index contributed by atoms with van der Waals surface area (Å²) in [4.78, 5) is 12.6. The number of hydrogen-bond acceptors (Lipinski definition) is 4. The molecule has 0 aliphatic carbocycles. The SMILES string of the molecule is N#CC(=Cc1ccccc1)C(=O)Nc1cccc(S(=O)(=O)N2CCCCCC2)c1. The summed E-state index contributed by atoms with van der Waals surface area (Å²) in [7, 11) is -3.62. The van der Waals surface area contributed by atoms with E-state index in [2.05, 4.69) is 5.32 Å². The molecule has 1 amide bonds. The number of anilines is 1. The van der Waals surface area contributed by atoms with Gasteiger partial charge in [-0.25, -0.2) is 8.42 Å². The number of nitrogens with one attached hydrogen (secondary N) is 1. The van der Waals surface area contributed by atoms with E-state index in [0.717, 1.165) is 31.2 Å². The second-order valence-corrected chi connectivity index (χ2v) is 8.82. The number of carbonyl (C=O) groups is 1. The van der Waals surface area contributed by atoms with Crippen LogP contribution in [0.4, 0.5) is 5.69 Å². The Hall–Kier alpha value is -2.95. The van der Waals surface area contributed by atoms with Gasteiger partial charge in [0.2, 0.25) is 10.0 Å². The number of nitriles is 1. The van der Waals surface area contributed by atoms with Gasteiger partial charge in [-0.3, -0.25) is 4.79 Å². The molecule has 6 nitrogen and oxygen atoms in total. The Labute approximate surface area is 171 Å². The van der Waals surface area contributed by atoms with Crippen LogP contribution in [0.2, 0.25) is 0 Å². The molecule has 1 N–H and O–H groups in total. The van der Waals surface area contributed by atoms with Crippen molar-refractivity contribution in [2.75, 3.05) is 18.4 Å². The number of benzene rings is 2. The predicted molar refractivity (Wildman–Crippen MR) is 112 cm³/mol. The molecule has 0 saturated carbocycles. The highest BCUT2D eigenvalue weighted by Crippen LogP contribution is 2.23. The molecule has 0 unspecified atom stereocenters. The fourth-order valence-electron chi connectivity index (χ4n) is 3.23. The second-order valence-electron chi connectivity index (χ2n) is 6.88. The predicted octanol–water partition coefficient (Wildman–Crippen LogP) is 3.80. The van der Waals surface area contributed by atoms with Crippen molar-refractivity contribution in [3.63, 3.8) is 0 Å². The van der Waals surface area contributed by atoms with Crippen LogP contribution in [0.1, 0.15) is 31.2 Å². The van der Waals surface area contributed by atoms with Crippen LogP contribution in [-0.4, -0.2) is 31.7 Å². The topological polar surface area (TPSA) is 90.3 Å². The molecule has 1 saturated heterocycles. The molecule has 29 heavy (non-hydrogen) atoms. The van der Waals surface area contributed by atoms with E-state index in [1.165, 1.54) is 22.5 Å². The van der Waals surface area contributed by atoms with Gasteiger partial charge in [-0.2, -0.15) is 9.57 Å². The zero-order valence-electron chi connectivity index (χ0n) is 16.0. The fraction of sp³-hybridized carbons (Fsp3) is 0.273. The second kappa shape index (κ2) is 9.50. The van der Waals surface area contributed by atoms with Crippen LogP contribution in [0.15, 0.2) is 65.1 Å². The Morgan fingerprint density at radius 1 is 1.00 bits per heavy atom. The monoisotopic (exact) mass is 409 g/mol. The van der Waals surface area contributed by atoms with E-state index >= 15 is 0 Å². The lowest BCUT2D eigenvalue weighted by Crippen LogP contribution is -2.32. The lowest BCUT2D eigenvalue weighted by molar-refractivity contribution is -0.112. The highest BCUT2D eigenvalue weighted by molar-refractivity contribution is 7.89. The van der Waals surface area contributed by atoms with Gasteiger partial charge in [-0.15, -0.1) is 0 Å². The van der Waals surface area contributed by atoms with Gasteiger partial charge < -0.3 is 5.32 Å². The van der Waals surface area contributed by atoms with E-state index in [-0.39, 0.29) is 10.5 Å². The smallest absolute Gasteiger partial charge is 0.266 e. The molecule has 0 bridgehead atoms. The molecule has 0 radical (unpaired) electrons. The van der Waals surface area contributed by atoms with Crippen molar-refractivity contribution >= 4 is 27.7 Å². The van der Waals surface area contributed by atoms with Gasteiger partial charge in [0, 0.05) is 18.8 Å². The van der Waals surface area contributed by atoms with Crippen LogP contribution in [0.3, 0.4) is 0 Å². The number of nitrogens with zero attached hydrogens (tertiary/aromatic N) is 2. The Morgan fingerprint density at radius 3 is 2.34 bits per heavy atom. The zero-order chi connectivity index (χ0) is 20.7. The van der Waals surface area contributed by atoms with Crippen molar-refractivity contribution in [3.05, 3.63) is 65.7 Å². The molecule has 1 heterocycles. The summed E-state index contributed by atoms with van der Waals surface area (Å²) in [6.07, 6.45) is 5.27. The van der Waals surface area contributed by atoms with Crippen LogP contribution < -0.4 is 5.32 Å². The van der Waals surface area contributed by atoms with Crippen molar-refractivity contribution in [3.8, 4) is 6.07 Å². The third-order valence-corrected chi connectivity index (χ3v) is 6.67. The summed E-state index contributed by atoms with van der Waals surface area (Å²) in [6, 6.07) is 17.1. The highest BCUT2D eigenvalue weighted by atomic mass is 32.2. The normalized spacial score (nSPS) is 15.9. The molecule has 0 spiro atoms. The minimum Gasteiger partial charge on any atom is -0.321 e. The van der Waals surface area contributed by atoms with Crippen LogP contribution in [-0.2, 0) is 14.8 Å². The summed E-state index contributed by atoms with van der Waals surface area (Å²) in [5.74, 6) is -0.583. The average Bonchev–Trinajstić information content (AvgIpc) is 3.03. The summed E-state index contributed by atoms with van der Waals surface area (Å²) >= 11 is 0. The number of rotatable bonds is 5. The summed E-state index contributed by atoms with van der Waals surface area (Å²) in [6.45, 7) is 1.02. The molecule has 0 atom stereocenters. The number of carbonyl (C=O) groups excluding carboxylic acids is 1. The molecular formula is C22H23N3O3S. The Bertz CT molecular complexity index is 1030. The first-order valence-corrected chi connectivity index (χ1v) is 11.0. The Kier molecular flexibility index (Phi) is 6.81. The lowest BCUT2D eigenvalue weighted by atomic mass is 10.1. The molecule has 2 aromatic rings. The van der Waals surface area contributed by atoms with E-state index in [9.17, 15) is 18.5 Å². The van der Waals surface area contributed by atoms with Crippen LogP contribution in [0.25, 0.3) is 6.08 Å². The molecule has 1 aliphatic heterocycles. The van der Waals surface area contributed by atoms with Crippen molar-refractivity contribution < 1.29 is 13.2 Å². The van der Waals surface area contributed by atoms with E-state index in [1.54, 1.807) is 24.3 Å². The molecule has 0 aromatic heterocycles. The first-order chi connectivity index (χ1) is 14.0. The van der Waals surface area contributed by atoms with E-state index in [0.29, 0.717) is 18.8 Å². The lowest BCUT2D eigenvalue weighted by Gasteiger charge is -2.20. The van der Waals surface area contributed by atoms with Gasteiger partial charge in [0.15, 0.2) is 0 Å². The van der Waals surface area contributed by atoms with Crippen LogP contribution in [0.5, 0.6) is 0 Å². The maximum Gasteiger partial charge on any atom is 0.266 e. The molecule has 1 aliphatic rings. The van der Waals surface area contributed by atoms with Gasteiger partial charge in [0.05, 0.1) is 4.90 Å². The molecule has 1 fully saturated rings. The summed E-state index contributed by atoms with van der Waals surface area (Å²) < 4.78 is 27.4. The Balaban J connectivity index is 1.79. The van der Waals surface area contributed by atoms with Crippen molar-refractivity contribution in [2.45, 2.75) is 30.6 Å². The van der Waals surface area contributed by atoms with Gasteiger partial charge in [-0.1, -0.05) is 49.2 Å². The molecule has 150 valence electrons. The third kappa shape index (κ3) is 5.31. The summed E-state index contributed by atoms with van der Waals surface area (Å²) in [5, 5.41) is 12.0. The Morgan fingerprint density at radius 2 is 1.69 bits per heavy atom. The van der Waals surface area contributed by atoms with Gasteiger partial charge in [-0.05, 0) is 42.7 Å². The fourth-order valence-corrected chi connectivity index (χ4v) is 4.79. The maximum absolute atomic E-state index is 13.0. The zero-order valence-corrected chi connectivity index (χ0v) is 16.9. The van der Waals surface area contributed by atoms with Crippen molar-refractivity contribution in [1.29, 1.82) is 5.26 Å². The highest BCUT2D eigenvalue weighted by Gasteiger charge is 2.25. The average molecular weight is 410 g/mol. The summed E-state index contributed by atoms with van der Waals surface area (Å²) in [5.41, 5.74) is 1.01. The molecule has 2 aromatic carbocycles.